The minimum atomic E-state index is -3.49. The van der Waals surface area contributed by atoms with E-state index in [9.17, 15) is 8.42 Å². The Labute approximate surface area is 171 Å². The van der Waals surface area contributed by atoms with Crippen molar-refractivity contribution in [3.8, 4) is 5.75 Å². The molecule has 6 nitrogen and oxygen atoms in total. The molecule has 2 aromatic heterocycles. The predicted molar refractivity (Wildman–Crippen MR) is 111 cm³/mol. The molecule has 0 radical (unpaired) electrons. The van der Waals surface area contributed by atoms with Crippen LogP contribution in [0.2, 0.25) is 4.34 Å². The number of hydrogen-bond donors (Lipinski definition) is 0. The first-order valence-corrected chi connectivity index (χ1v) is 11.8. The maximum Gasteiger partial charge on any atom is 0.252 e. The van der Waals surface area contributed by atoms with Crippen molar-refractivity contribution in [1.82, 2.24) is 9.29 Å². The lowest BCUT2D eigenvalue weighted by Gasteiger charge is -2.33. The fourth-order valence-electron chi connectivity index (χ4n) is 3.08. The lowest BCUT2D eigenvalue weighted by molar-refractivity contribution is 0.385. The maximum absolute atomic E-state index is 12.7. The van der Waals surface area contributed by atoms with Crippen LogP contribution < -0.4 is 9.64 Å². The van der Waals surface area contributed by atoms with Gasteiger partial charge in [-0.05, 0) is 30.7 Å². The zero-order chi connectivity index (χ0) is 19.2. The molecule has 3 heterocycles. The number of ether oxygens (including phenoxy) is 1. The lowest BCUT2D eigenvalue weighted by Crippen LogP contribution is -2.48. The summed E-state index contributed by atoms with van der Waals surface area (Å²) in [6.07, 6.45) is 0. The van der Waals surface area contributed by atoms with Crippen LogP contribution >= 0.6 is 34.3 Å². The molecular weight excluding hydrogens is 426 g/mol. The number of piperazine rings is 1. The largest absolute Gasteiger partial charge is 0.494 e. The number of fused-ring (bicyclic) bond motifs is 1. The van der Waals surface area contributed by atoms with Crippen molar-refractivity contribution in [1.29, 1.82) is 0 Å². The number of methoxy groups -OCH3 is 1. The predicted octanol–water partition coefficient (Wildman–Crippen LogP) is 3.84. The number of thiophene rings is 1. The Balaban J connectivity index is 1.54. The summed E-state index contributed by atoms with van der Waals surface area (Å²) in [4.78, 5) is 6.89. The Hall–Kier alpha value is -1.39. The number of benzene rings is 1. The molecule has 3 aromatic rings. The molecule has 0 atom stereocenters. The highest BCUT2D eigenvalue weighted by Gasteiger charge is 2.30. The summed E-state index contributed by atoms with van der Waals surface area (Å²) in [6, 6.07) is 7.14. The number of halogens is 1. The fraction of sp³-hybridized carbons (Fsp3) is 0.353. The molecule has 1 aliphatic heterocycles. The van der Waals surface area contributed by atoms with Crippen LogP contribution in [-0.2, 0) is 10.0 Å². The molecule has 0 saturated carbocycles. The zero-order valence-corrected chi connectivity index (χ0v) is 18.0. The van der Waals surface area contributed by atoms with Gasteiger partial charge in [0.05, 0.1) is 16.1 Å². The molecule has 4 rings (SSSR count). The molecule has 0 aliphatic carbocycles. The molecule has 27 heavy (non-hydrogen) atoms. The number of aromatic nitrogens is 1. The van der Waals surface area contributed by atoms with Crippen molar-refractivity contribution < 1.29 is 13.2 Å². The summed E-state index contributed by atoms with van der Waals surface area (Å²) in [6.45, 7) is 4.09. The second-order valence-electron chi connectivity index (χ2n) is 6.21. The Morgan fingerprint density at radius 2 is 1.85 bits per heavy atom. The Morgan fingerprint density at radius 3 is 2.48 bits per heavy atom. The van der Waals surface area contributed by atoms with E-state index in [4.69, 9.17) is 21.3 Å². The van der Waals surface area contributed by atoms with Crippen LogP contribution in [0.15, 0.2) is 28.5 Å². The summed E-state index contributed by atoms with van der Waals surface area (Å²) < 4.78 is 34.3. The van der Waals surface area contributed by atoms with Crippen LogP contribution in [-0.4, -0.2) is 51.0 Å². The van der Waals surface area contributed by atoms with E-state index in [0.717, 1.165) is 38.0 Å². The van der Waals surface area contributed by atoms with E-state index in [1.807, 2.05) is 12.1 Å². The Bertz CT molecular complexity index is 1090. The molecule has 1 aromatic carbocycles. The van der Waals surface area contributed by atoms with Gasteiger partial charge in [-0.1, -0.05) is 29.0 Å². The quantitative estimate of drug-likeness (QED) is 0.613. The number of hydrogen-bond acceptors (Lipinski definition) is 7. The van der Waals surface area contributed by atoms with E-state index in [1.165, 1.54) is 4.31 Å². The summed E-state index contributed by atoms with van der Waals surface area (Å²) in [5.74, 6) is 0.758. The number of sulfonamides is 1. The van der Waals surface area contributed by atoms with E-state index in [-0.39, 0.29) is 0 Å². The molecule has 1 saturated heterocycles. The van der Waals surface area contributed by atoms with Crippen molar-refractivity contribution in [2.24, 2.45) is 0 Å². The second kappa shape index (κ2) is 7.21. The van der Waals surface area contributed by atoms with Crippen LogP contribution in [0, 0.1) is 6.92 Å². The van der Waals surface area contributed by atoms with Gasteiger partial charge in [-0.25, -0.2) is 13.4 Å². The van der Waals surface area contributed by atoms with Crippen molar-refractivity contribution >= 4 is 59.6 Å². The first-order valence-electron chi connectivity index (χ1n) is 8.34. The van der Waals surface area contributed by atoms with E-state index < -0.39 is 10.0 Å². The second-order valence-corrected chi connectivity index (χ2v) is 11.1. The first kappa shape index (κ1) is 18.9. The number of nitrogens with zero attached hydrogens (tertiary/aromatic N) is 3. The fourth-order valence-corrected chi connectivity index (χ4v) is 7.24. The Morgan fingerprint density at radius 1 is 1.11 bits per heavy atom. The number of thiazole rings is 1. The standard InChI is InChI=1S/C17H18ClN3O3S3/c1-11-3-4-12(24-2)15-16(11)26-17(19-15)20-7-9-21(10-8-20)27(22,23)14-6-5-13(18)25-14/h3-6H,7-10H2,1-2H3. The van der Waals surface area contributed by atoms with Gasteiger partial charge in [0, 0.05) is 26.2 Å². The van der Waals surface area contributed by atoms with Gasteiger partial charge in [-0.2, -0.15) is 4.31 Å². The van der Waals surface area contributed by atoms with Gasteiger partial charge < -0.3 is 9.64 Å². The highest BCUT2D eigenvalue weighted by atomic mass is 35.5. The molecule has 144 valence electrons. The van der Waals surface area contributed by atoms with E-state index in [2.05, 4.69) is 11.8 Å². The van der Waals surface area contributed by atoms with Gasteiger partial charge in [0.2, 0.25) is 0 Å². The lowest BCUT2D eigenvalue weighted by atomic mass is 10.2. The highest BCUT2D eigenvalue weighted by molar-refractivity contribution is 7.91. The first-order chi connectivity index (χ1) is 12.9. The van der Waals surface area contributed by atoms with Crippen LogP contribution in [0.1, 0.15) is 5.56 Å². The molecule has 1 fully saturated rings. The van der Waals surface area contributed by atoms with Crippen molar-refractivity contribution in [2.75, 3.05) is 38.2 Å². The number of rotatable bonds is 4. The third-order valence-corrected chi connectivity index (χ3v) is 9.41. The molecule has 1 aliphatic rings. The minimum absolute atomic E-state index is 0.293. The molecule has 10 heteroatoms. The van der Waals surface area contributed by atoms with E-state index >= 15 is 0 Å². The van der Waals surface area contributed by atoms with E-state index in [0.29, 0.717) is 34.7 Å². The third-order valence-electron chi connectivity index (χ3n) is 4.56. The molecule has 0 spiro atoms. The van der Waals surface area contributed by atoms with Gasteiger partial charge in [0.15, 0.2) is 5.13 Å². The molecular formula is C17H18ClN3O3S3. The smallest absolute Gasteiger partial charge is 0.252 e. The van der Waals surface area contributed by atoms with Crippen molar-refractivity contribution in [3.05, 3.63) is 34.2 Å². The van der Waals surface area contributed by atoms with Gasteiger partial charge in [-0.3, -0.25) is 0 Å². The van der Waals surface area contributed by atoms with Crippen LogP contribution in [0.5, 0.6) is 5.75 Å². The van der Waals surface area contributed by atoms with E-state index in [1.54, 1.807) is 30.6 Å². The zero-order valence-electron chi connectivity index (χ0n) is 14.8. The Kier molecular flexibility index (Phi) is 5.06. The molecule has 0 bridgehead atoms. The average molecular weight is 444 g/mol. The van der Waals surface area contributed by atoms with Gasteiger partial charge in [0.1, 0.15) is 15.5 Å². The highest BCUT2D eigenvalue weighted by Crippen LogP contribution is 2.37. The molecule has 0 N–H and O–H groups in total. The van der Waals surface area contributed by atoms with Crippen molar-refractivity contribution in [3.63, 3.8) is 0 Å². The average Bonchev–Trinajstić information content (AvgIpc) is 3.30. The monoisotopic (exact) mass is 443 g/mol. The topological polar surface area (TPSA) is 62.7 Å². The minimum Gasteiger partial charge on any atom is -0.494 e. The van der Waals surface area contributed by atoms with Gasteiger partial charge in [-0.15, -0.1) is 11.3 Å². The number of anilines is 1. The van der Waals surface area contributed by atoms with Gasteiger partial charge >= 0.3 is 0 Å². The molecule has 0 unspecified atom stereocenters. The molecule has 0 amide bonds. The third kappa shape index (κ3) is 3.42. The van der Waals surface area contributed by atoms with Crippen molar-refractivity contribution in [2.45, 2.75) is 11.1 Å². The summed E-state index contributed by atoms with van der Waals surface area (Å²) in [5, 5.41) is 0.897. The van der Waals surface area contributed by atoms with Crippen LogP contribution in [0.4, 0.5) is 5.13 Å². The van der Waals surface area contributed by atoms with Crippen LogP contribution in [0.25, 0.3) is 10.2 Å². The normalized spacial score (nSPS) is 16.2. The summed E-state index contributed by atoms with van der Waals surface area (Å²) in [5.41, 5.74) is 2.02. The summed E-state index contributed by atoms with van der Waals surface area (Å²) in [7, 11) is -1.84. The van der Waals surface area contributed by atoms with Crippen LogP contribution in [0.3, 0.4) is 0 Å². The maximum atomic E-state index is 12.7. The number of aryl methyl sites for hydroxylation is 1. The summed E-state index contributed by atoms with van der Waals surface area (Å²) >= 11 is 8.61. The van der Waals surface area contributed by atoms with Gasteiger partial charge in [0.25, 0.3) is 10.0 Å². The SMILES string of the molecule is COc1ccc(C)c2sc(N3CCN(S(=O)(=O)c4ccc(Cl)s4)CC3)nc12.